The van der Waals surface area contributed by atoms with Gasteiger partial charge in [0.25, 0.3) is 0 Å². The van der Waals surface area contributed by atoms with Gasteiger partial charge in [-0.3, -0.25) is 10.1 Å². The lowest BCUT2D eigenvalue weighted by Gasteiger charge is -2.33. The van der Waals surface area contributed by atoms with Crippen LogP contribution in [0.1, 0.15) is 50.8 Å². The highest BCUT2D eigenvalue weighted by Gasteiger charge is 2.24. The first-order valence-corrected chi connectivity index (χ1v) is 10.0. The van der Waals surface area contributed by atoms with Crippen LogP contribution in [0.15, 0.2) is 11.3 Å². The van der Waals surface area contributed by atoms with Crippen molar-refractivity contribution in [3.8, 4) is 0 Å². The Labute approximate surface area is 156 Å². The van der Waals surface area contributed by atoms with E-state index >= 15 is 0 Å². The quantitative estimate of drug-likeness (QED) is 0.393. The number of aliphatic hydroxyl groups excluding tert-OH is 1. The van der Waals surface area contributed by atoms with Crippen molar-refractivity contribution in [3.63, 3.8) is 0 Å². The molecule has 2 aliphatic heterocycles. The lowest BCUT2D eigenvalue weighted by molar-refractivity contribution is 0.0824. The number of aromatic nitrogens is 3. The summed E-state index contributed by atoms with van der Waals surface area (Å²) in [7, 11) is 0. The van der Waals surface area contributed by atoms with Crippen LogP contribution in [0, 0.1) is 0 Å². The number of hydrogen-bond donors (Lipinski definition) is 3. The first-order chi connectivity index (χ1) is 12.8. The van der Waals surface area contributed by atoms with Crippen molar-refractivity contribution in [2.45, 2.75) is 51.0 Å². The van der Waals surface area contributed by atoms with Gasteiger partial charge in [0.15, 0.2) is 5.96 Å². The van der Waals surface area contributed by atoms with Crippen molar-refractivity contribution in [1.82, 2.24) is 30.3 Å². The van der Waals surface area contributed by atoms with Gasteiger partial charge in [0.1, 0.15) is 12.2 Å². The van der Waals surface area contributed by atoms with Crippen molar-refractivity contribution in [2.75, 3.05) is 45.8 Å². The number of aliphatic hydroxyl groups is 1. The Morgan fingerprint density at radius 2 is 2.04 bits per heavy atom. The fraction of sp³-hybridized carbons (Fsp3) is 0.833. The minimum atomic E-state index is -0.0930. The molecule has 146 valence electrons. The molecule has 2 saturated heterocycles. The van der Waals surface area contributed by atoms with Crippen LogP contribution in [-0.2, 0) is 0 Å². The summed E-state index contributed by atoms with van der Waals surface area (Å²) in [5.41, 5.74) is 0. The molecule has 1 aromatic rings. The molecule has 2 fully saturated rings. The largest absolute Gasteiger partial charge is 0.393 e. The molecule has 3 heterocycles. The van der Waals surface area contributed by atoms with Gasteiger partial charge in [0.05, 0.1) is 6.10 Å². The Kier molecular flexibility index (Phi) is 7.25. The Morgan fingerprint density at radius 1 is 1.27 bits per heavy atom. The maximum absolute atomic E-state index is 9.58. The SMILES string of the molecule is CCNC(=NCCCN1CCC(O)CC1)N1CCC(c2ncn[nH]2)CC1. The zero-order chi connectivity index (χ0) is 18.2. The Bertz CT molecular complexity index is 532. The van der Waals surface area contributed by atoms with Crippen LogP contribution in [0.25, 0.3) is 0 Å². The van der Waals surface area contributed by atoms with E-state index in [-0.39, 0.29) is 6.10 Å². The van der Waals surface area contributed by atoms with Crippen LogP contribution in [0.3, 0.4) is 0 Å². The zero-order valence-corrected chi connectivity index (χ0v) is 15.9. The smallest absolute Gasteiger partial charge is 0.193 e. The van der Waals surface area contributed by atoms with Crippen LogP contribution < -0.4 is 5.32 Å². The Balaban J connectivity index is 1.42. The summed E-state index contributed by atoms with van der Waals surface area (Å²) >= 11 is 0. The molecule has 0 aliphatic carbocycles. The van der Waals surface area contributed by atoms with Gasteiger partial charge in [0.2, 0.25) is 0 Å². The van der Waals surface area contributed by atoms with Gasteiger partial charge in [-0.15, -0.1) is 0 Å². The summed E-state index contributed by atoms with van der Waals surface area (Å²) < 4.78 is 0. The molecule has 8 heteroatoms. The highest BCUT2D eigenvalue weighted by molar-refractivity contribution is 5.80. The van der Waals surface area contributed by atoms with Crippen molar-refractivity contribution in [3.05, 3.63) is 12.2 Å². The monoisotopic (exact) mass is 363 g/mol. The fourth-order valence-electron chi connectivity index (χ4n) is 3.82. The summed E-state index contributed by atoms with van der Waals surface area (Å²) in [5, 5.41) is 20.0. The van der Waals surface area contributed by atoms with Crippen molar-refractivity contribution >= 4 is 5.96 Å². The van der Waals surface area contributed by atoms with Crippen molar-refractivity contribution in [1.29, 1.82) is 0 Å². The lowest BCUT2D eigenvalue weighted by atomic mass is 9.96. The maximum atomic E-state index is 9.58. The van der Waals surface area contributed by atoms with E-state index in [1.807, 2.05) is 0 Å². The van der Waals surface area contributed by atoms with E-state index in [2.05, 4.69) is 37.2 Å². The average Bonchev–Trinajstić information content (AvgIpc) is 3.21. The highest BCUT2D eigenvalue weighted by atomic mass is 16.3. The second kappa shape index (κ2) is 9.87. The minimum absolute atomic E-state index is 0.0930. The van der Waals surface area contributed by atoms with Gasteiger partial charge < -0.3 is 20.2 Å². The lowest BCUT2D eigenvalue weighted by Crippen LogP contribution is -2.45. The second-order valence-electron chi connectivity index (χ2n) is 7.29. The van der Waals surface area contributed by atoms with E-state index in [1.165, 1.54) is 0 Å². The highest BCUT2D eigenvalue weighted by Crippen LogP contribution is 2.24. The Hall–Kier alpha value is -1.67. The molecule has 8 nitrogen and oxygen atoms in total. The summed E-state index contributed by atoms with van der Waals surface area (Å²) in [6.45, 7) is 8.97. The van der Waals surface area contributed by atoms with Crippen LogP contribution in [-0.4, -0.2) is 88.0 Å². The topological polar surface area (TPSA) is 92.7 Å². The fourth-order valence-corrected chi connectivity index (χ4v) is 3.82. The molecule has 0 spiro atoms. The van der Waals surface area contributed by atoms with Gasteiger partial charge in [-0.25, -0.2) is 4.98 Å². The number of H-pyrrole nitrogens is 1. The average molecular weight is 364 g/mol. The third-order valence-electron chi connectivity index (χ3n) is 5.40. The summed E-state index contributed by atoms with van der Waals surface area (Å²) in [4.78, 5) is 14.0. The maximum Gasteiger partial charge on any atom is 0.193 e. The van der Waals surface area contributed by atoms with Crippen LogP contribution in [0.5, 0.6) is 0 Å². The number of piperidine rings is 2. The normalized spacial score (nSPS) is 21.3. The van der Waals surface area contributed by atoms with Gasteiger partial charge in [0, 0.05) is 45.2 Å². The molecule has 2 aliphatic rings. The second-order valence-corrected chi connectivity index (χ2v) is 7.29. The molecule has 3 rings (SSSR count). The molecule has 0 saturated carbocycles. The number of aliphatic imine (C=N–C) groups is 1. The number of rotatable bonds is 6. The molecule has 0 amide bonds. The molecule has 3 N–H and O–H groups in total. The first kappa shape index (κ1) is 19.1. The van der Waals surface area contributed by atoms with Gasteiger partial charge in [-0.05, 0) is 45.6 Å². The molecule has 0 radical (unpaired) electrons. The third-order valence-corrected chi connectivity index (χ3v) is 5.40. The number of likely N-dealkylation sites (tertiary alicyclic amines) is 2. The van der Waals surface area contributed by atoms with E-state index in [9.17, 15) is 5.11 Å². The molecular weight excluding hydrogens is 330 g/mol. The van der Waals surface area contributed by atoms with Crippen molar-refractivity contribution in [2.24, 2.45) is 4.99 Å². The predicted octanol–water partition coefficient (Wildman–Crippen LogP) is 0.796. The van der Waals surface area contributed by atoms with Gasteiger partial charge in [-0.1, -0.05) is 0 Å². The number of guanidine groups is 1. The third kappa shape index (κ3) is 5.41. The predicted molar refractivity (Wildman–Crippen MR) is 102 cm³/mol. The van der Waals surface area contributed by atoms with E-state index < -0.39 is 0 Å². The van der Waals surface area contributed by atoms with Crippen molar-refractivity contribution < 1.29 is 5.11 Å². The molecule has 0 unspecified atom stereocenters. The van der Waals surface area contributed by atoms with Gasteiger partial charge in [-0.2, -0.15) is 5.10 Å². The van der Waals surface area contributed by atoms with E-state index in [4.69, 9.17) is 4.99 Å². The minimum Gasteiger partial charge on any atom is -0.393 e. The summed E-state index contributed by atoms with van der Waals surface area (Å²) in [5.74, 6) is 2.53. The standard InChI is InChI=1S/C18H33N7O/c1-2-19-18(20-8-3-9-24-10-6-16(26)7-11-24)25-12-4-15(5-13-25)17-21-14-22-23-17/h14-16,26H,2-13H2,1H3,(H,19,20)(H,21,22,23). The number of nitrogens with zero attached hydrogens (tertiary/aromatic N) is 5. The number of hydrogen-bond acceptors (Lipinski definition) is 5. The summed E-state index contributed by atoms with van der Waals surface area (Å²) in [6, 6.07) is 0. The van der Waals surface area contributed by atoms with E-state index in [1.54, 1.807) is 6.33 Å². The zero-order valence-electron chi connectivity index (χ0n) is 15.9. The van der Waals surface area contributed by atoms with Crippen LogP contribution >= 0.6 is 0 Å². The molecule has 0 atom stereocenters. The number of nitrogens with one attached hydrogen (secondary N) is 2. The van der Waals surface area contributed by atoms with Crippen LogP contribution in [0.2, 0.25) is 0 Å². The first-order valence-electron chi connectivity index (χ1n) is 10.0. The van der Waals surface area contributed by atoms with Crippen LogP contribution in [0.4, 0.5) is 0 Å². The Morgan fingerprint density at radius 3 is 2.69 bits per heavy atom. The molecule has 1 aromatic heterocycles. The molecule has 26 heavy (non-hydrogen) atoms. The molecule has 0 aromatic carbocycles. The molecule has 0 bridgehead atoms. The number of aromatic amines is 1. The molecular formula is C18H33N7O. The van der Waals surface area contributed by atoms with E-state index in [0.717, 1.165) is 89.7 Å². The summed E-state index contributed by atoms with van der Waals surface area (Å²) in [6.07, 6.45) is 6.55. The van der Waals surface area contributed by atoms with Gasteiger partial charge >= 0.3 is 0 Å². The van der Waals surface area contributed by atoms with E-state index in [0.29, 0.717) is 5.92 Å².